The van der Waals surface area contributed by atoms with Crippen molar-refractivity contribution in [1.82, 2.24) is 9.97 Å². The number of fused-ring (bicyclic) bond motifs is 1. The number of hydrogen-bond donors (Lipinski definition) is 0. The van der Waals surface area contributed by atoms with Gasteiger partial charge in [0, 0.05) is 16.2 Å². The lowest BCUT2D eigenvalue weighted by Crippen LogP contribution is -2.20. The Morgan fingerprint density at radius 1 is 1.14 bits per heavy atom. The molecule has 0 N–H and O–H groups in total. The third-order valence-corrected chi connectivity index (χ3v) is 4.45. The summed E-state index contributed by atoms with van der Waals surface area (Å²) in [7, 11) is 0. The van der Waals surface area contributed by atoms with E-state index < -0.39 is 0 Å². The first kappa shape index (κ1) is 15.2. The molecule has 0 aliphatic carbocycles. The molecular formula is C18H22N2OS. The second-order valence-corrected chi connectivity index (χ2v) is 8.22. The first-order valence-corrected chi connectivity index (χ1v) is 8.49. The van der Waals surface area contributed by atoms with Crippen LogP contribution in [0, 0.1) is 0 Å². The number of rotatable bonds is 3. The maximum Gasteiger partial charge on any atom is 0.200 e. The van der Waals surface area contributed by atoms with Crippen molar-refractivity contribution in [3.05, 3.63) is 46.2 Å². The van der Waals surface area contributed by atoms with Crippen LogP contribution in [0.5, 0.6) is 0 Å². The van der Waals surface area contributed by atoms with Gasteiger partial charge in [0.2, 0.25) is 5.89 Å². The smallest absolute Gasteiger partial charge is 0.200 e. The standard InChI is InChI=1S/C18H22N2OS/c1-17(2,3)16-20-13-7-6-12(8-14(13)21-16)9-18(4,5)15-10-22-11-19-15/h6-8,10-11H,9H2,1-5H3. The third kappa shape index (κ3) is 2.93. The molecule has 0 saturated heterocycles. The minimum Gasteiger partial charge on any atom is -0.440 e. The molecule has 0 fully saturated rings. The molecule has 116 valence electrons. The summed E-state index contributed by atoms with van der Waals surface area (Å²) in [5.41, 5.74) is 6.04. The summed E-state index contributed by atoms with van der Waals surface area (Å²) in [6, 6.07) is 6.32. The van der Waals surface area contributed by atoms with Gasteiger partial charge in [-0.25, -0.2) is 9.97 Å². The largest absolute Gasteiger partial charge is 0.440 e. The fourth-order valence-corrected chi connectivity index (χ4v) is 3.29. The van der Waals surface area contributed by atoms with Crippen molar-refractivity contribution in [2.75, 3.05) is 0 Å². The summed E-state index contributed by atoms with van der Waals surface area (Å²) in [5.74, 6) is 0.790. The van der Waals surface area contributed by atoms with Gasteiger partial charge in [0.1, 0.15) is 5.52 Å². The average Bonchev–Trinajstić information content (AvgIpc) is 3.06. The van der Waals surface area contributed by atoms with Crippen LogP contribution in [0.25, 0.3) is 11.1 Å². The van der Waals surface area contributed by atoms with Gasteiger partial charge >= 0.3 is 0 Å². The first-order chi connectivity index (χ1) is 10.3. The maximum absolute atomic E-state index is 5.95. The van der Waals surface area contributed by atoms with E-state index in [4.69, 9.17) is 4.42 Å². The summed E-state index contributed by atoms with van der Waals surface area (Å²) in [4.78, 5) is 9.06. The van der Waals surface area contributed by atoms with Gasteiger partial charge in [-0.1, -0.05) is 40.7 Å². The van der Waals surface area contributed by atoms with E-state index >= 15 is 0 Å². The van der Waals surface area contributed by atoms with Gasteiger partial charge in [0.25, 0.3) is 0 Å². The molecule has 0 bridgehead atoms. The molecule has 0 aliphatic rings. The van der Waals surface area contributed by atoms with Crippen LogP contribution in [0.3, 0.4) is 0 Å². The van der Waals surface area contributed by atoms with E-state index in [1.165, 1.54) is 5.56 Å². The van der Waals surface area contributed by atoms with Crippen LogP contribution < -0.4 is 0 Å². The molecule has 0 radical (unpaired) electrons. The topological polar surface area (TPSA) is 38.9 Å². The normalized spacial score (nSPS) is 13.0. The average molecular weight is 314 g/mol. The number of benzene rings is 1. The van der Waals surface area contributed by atoms with E-state index in [9.17, 15) is 0 Å². The van der Waals surface area contributed by atoms with Crippen LogP contribution in [-0.4, -0.2) is 9.97 Å². The minimum atomic E-state index is -0.0704. The monoisotopic (exact) mass is 314 g/mol. The fraction of sp³-hybridized carbons (Fsp3) is 0.444. The van der Waals surface area contributed by atoms with Crippen LogP contribution >= 0.6 is 11.3 Å². The Kier molecular flexibility index (Phi) is 3.60. The predicted molar refractivity (Wildman–Crippen MR) is 91.6 cm³/mol. The molecule has 0 amide bonds. The summed E-state index contributed by atoms with van der Waals surface area (Å²) in [6.45, 7) is 10.8. The molecule has 2 aromatic heterocycles. The first-order valence-electron chi connectivity index (χ1n) is 7.54. The minimum absolute atomic E-state index is 0.0144. The summed E-state index contributed by atoms with van der Waals surface area (Å²) in [6.07, 6.45) is 0.929. The second kappa shape index (κ2) is 5.20. The molecular weight excluding hydrogens is 292 g/mol. The SMILES string of the molecule is CC(C)(C)c1nc2ccc(CC(C)(C)c3cscn3)cc2o1. The van der Waals surface area contributed by atoms with Crippen LogP contribution in [-0.2, 0) is 17.3 Å². The summed E-state index contributed by atoms with van der Waals surface area (Å²) < 4.78 is 5.95. The van der Waals surface area contributed by atoms with E-state index in [1.807, 2.05) is 5.51 Å². The van der Waals surface area contributed by atoms with Crippen molar-refractivity contribution >= 4 is 22.4 Å². The van der Waals surface area contributed by atoms with Crippen molar-refractivity contribution in [3.8, 4) is 0 Å². The van der Waals surface area contributed by atoms with Gasteiger partial charge in [0.05, 0.1) is 11.2 Å². The highest BCUT2D eigenvalue weighted by molar-refractivity contribution is 7.07. The molecule has 4 heteroatoms. The van der Waals surface area contributed by atoms with Crippen molar-refractivity contribution in [1.29, 1.82) is 0 Å². The summed E-state index contributed by atoms with van der Waals surface area (Å²) >= 11 is 1.65. The van der Waals surface area contributed by atoms with Gasteiger partial charge in [0.15, 0.2) is 5.58 Å². The Labute approximate surface area is 135 Å². The van der Waals surface area contributed by atoms with Crippen LogP contribution in [0.4, 0.5) is 0 Å². The quantitative estimate of drug-likeness (QED) is 0.675. The second-order valence-electron chi connectivity index (χ2n) is 7.51. The molecule has 2 heterocycles. The zero-order valence-corrected chi connectivity index (χ0v) is 14.6. The molecule has 0 aliphatic heterocycles. The Bertz CT molecular complexity index is 779. The van der Waals surface area contributed by atoms with E-state index in [-0.39, 0.29) is 10.8 Å². The number of nitrogens with zero attached hydrogens (tertiary/aromatic N) is 2. The number of aromatic nitrogens is 2. The van der Waals surface area contributed by atoms with Crippen molar-refractivity contribution in [2.24, 2.45) is 0 Å². The molecule has 0 saturated carbocycles. The van der Waals surface area contributed by atoms with Crippen molar-refractivity contribution < 1.29 is 4.42 Å². The Morgan fingerprint density at radius 3 is 2.55 bits per heavy atom. The Morgan fingerprint density at radius 2 is 1.91 bits per heavy atom. The van der Waals surface area contributed by atoms with Crippen LogP contribution in [0.1, 0.15) is 51.8 Å². The van der Waals surface area contributed by atoms with Gasteiger partial charge in [-0.15, -0.1) is 11.3 Å². The van der Waals surface area contributed by atoms with Gasteiger partial charge in [-0.2, -0.15) is 0 Å². The molecule has 3 nitrogen and oxygen atoms in total. The molecule has 0 unspecified atom stereocenters. The molecule has 0 atom stereocenters. The van der Waals surface area contributed by atoms with Gasteiger partial charge < -0.3 is 4.42 Å². The fourth-order valence-electron chi connectivity index (χ4n) is 2.55. The summed E-state index contributed by atoms with van der Waals surface area (Å²) in [5, 5.41) is 2.13. The lowest BCUT2D eigenvalue weighted by molar-refractivity contribution is 0.410. The highest BCUT2D eigenvalue weighted by atomic mass is 32.1. The Hall–Kier alpha value is -1.68. The lowest BCUT2D eigenvalue weighted by Gasteiger charge is -2.22. The molecule has 3 rings (SSSR count). The van der Waals surface area contributed by atoms with Gasteiger partial charge in [-0.05, 0) is 24.1 Å². The molecule has 0 spiro atoms. The highest BCUT2D eigenvalue weighted by Gasteiger charge is 2.24. The third-order valence-electron chi connectivity index (χ3n) is 3.87. The maximum atomic E-state index is 5.95. The lowest BCUT2D eigenvalue weighted by atomic mass is 9.83. The van der Waals surface area contributed by atoms with E-state index in [0.717, 1.165) is 29.1 Å². The van der Waals surface area contributed by atoms with Crippen LogP contribution in [0.2, 0.25) is 0 Å². The zero-order valence-electron chi connectivity index (χ0n) is 13.8. The van der Waals surface area contributed by atoms with E-state index in [0.29, 0.717) is 0 Å². The van der Waals surface area contributed by atoms with E-state index in [2.05, 4.69) is 68.2 Å². The van der Waals surface area contributed by atoms with Crippen molar-refractivity contribution in [3.63, 3.8) is 0 Å². The van der Waals surface area contributed by atoms with E-state index in [1.54, 1.807) is 11.3 Å². The Balaban J connectivity index is 1.92. The number of oxazole rings is 1. The number of thiazole rings is 1. The predicted octanol–water partition coefficient (Wildman–Crippen LogP) is 5.10. The van der Waals surface area contributed by atoms with Gasteiger partial charge in [-0.3, -0.25) is 0 Å². The molecule has 22 heavy (non-hydrogen) atoms. The highest BCUT2D eigenvalue weighted by Crippen LogP contribution is 2.30. The van der Waals surface area contributed by atoms with Crippen molar-refractivity contribution in [2.45, 2.75) is 51.9 Å². The van der Waals surface area contributed by atoms with Crippen LogP contribution in [0.15, 0.2) is 33.5 Å². The number of hydrogen-bond acceptors (Lipinski definition) is 4. The molecule has 3 aromatic rings. The molecule has 1 aromatic carbocycles. The zero-order chi connectivity index (χ0) is 16.0.